The Bertz CT molecular complexity index is 651. The molecule has 6 nitrogen and oxygen atoms in total. The normalized spacial score (nSPS) is 19.3. The zero-order valence-electron chi connectivity index (χ0n) is 10.3. The first-order valence-corrected chi connectivity index (χ1v) is 6.06. The van der Waals surface area contributed by atoms with Crippen LogP contribution in [-0.4, -0.2) is 35.8 Å². The highest BCUT2D eigenvalue weighted by atomic mass is 16.5. The maximum absolute atomic E-state index is 8.93. The average molecular weight is 255 g/mol. The highest BCUT2D eigenvalue weighted by Crippen LogP contribution is 2.23. The number of hydrogen-bond acceptors (Lipinski definition) is 6. The lowest BCUT2D eigenvalue weighted by Crippen LogP contribution is -2.42. The second-order valence-corrected chi connectivity index (χ2v) is 4.36. The molecule has 6 heteroatoms. The number of fused-ring (bicyclic) bond motifs is 1. The Morgan fingerprint density at radius 3 is 2.79 bits per heavy atom. The number of benzene rings is 1. The Balaban J connectivity index is 2.00. The SMILES string of the molecule is N#CC1CN(c2nc3ccccc3nc2N)CCO1. The van der Waals surface area contributed by atoms with Crippen LogP contribution in [-0.2, 0) is 4.74 Å². The van der Waals surface area contributed by atoms with Crippen LogP contribution < -0.4 is 10.6 Å². The average Bonchev–Trinajstić information content (AvgIpc) is 2.46. The van der Waals surface area contributed by atoms with Crippen molar-refractivity contribution < 1.29 is 4.74 Å². The summed E-state index contributed by atoms with van der Waals surface area (Å²) in [5.74, 6) is 1.01. The number of ether oxygens (including phenoxy) is 1. The first-order chi connectivity index (χ1) is 9.28. The van der Waals surface area contributed by atoms with E-state index < -0.39 is 6.10 Å². The summed E-state index contributed by atoms with van der Waals surface area (Å²) in [5.41, 5.74) is 7.54. The molecule has 1 aromatic carbocycles. The molecule has 2 N–H and O–H groups in total. The number of morpholine rings is 1. The highest BCUT2D eigenvalue weighted by Gasteiger charge is 2.23. The largest absolute Gasteiger partial charge is 0.381 e. The first-order valence-electron chi connectivity index (χ1n) is 6.06. The molecule has 1 fully saturated rings. The van der Waals surface area contributed by atoms with E-state index >= 15 is 0 Å². The number of nitriles is 1. The molecule has 0 amide bonds. The van der Waals surface area contributed by atoms with Crippen LogP contribution in [0.1, 0.15) is 0 Å². The lowest BCUT2D eigenvalue weighted by molar-refractivity contribution is 0.0762. The van der Waals surface area contributed by atoms with Crippen LogP contribution in [0.3, 0.4) is 0 Å². The van der Waals surface area contributed by atoms with Crippen molar-refractivity contribution in [1.29, 1.82) is 5.26 Å². The molecule has 1 unspecified atom stereocenters. The zero-order valence-corrected chi connectivity index (χ0v) is 10.3. The second kappa shape index (κ2) is 4.71. The fraction of sp³-hybridized carbons (Fsp3) is 0.308. The number of nitrogen functional groups attached to an aromatic ring is 1. The topological polar surface area (TPSA) is 88.1 Å². The lowest BCUT2D eigenvalue weighted by Gasteiger charge is -2.31. The predicted molar refractivity (Wildman–Crippen MR) is 71.5 cm³/mol. The molecule has 3 rings (SSSR count). The van der Waals surface area contributed by atoms with E-state index in [1.165, 1.54) is 0 Å². The summed E-state index contributed by atoms with van der Waals surface area (Å²) in [4.78, 5) is 10.8. The molecule has 1 atom stereocenters. The van der Waals surface area contributed by atoms with Gasteiger partial charge in [0.25, 0.3) is 0 Å². The molecule has 2 heterocycles. The van der Waals surface area contributed by atoms with Crippen molar-refractivity contribution in [2.24, 2.45) is 0 Å². The molecule has 96 valence electrons. The molecule has 1 aliphatic heterocycles. The number of para-hydroxylation sites is 2. The minimum absolute atomic E-state index is 0.386. The van der Waals surface area contributed by atoms with E-state index in [-0.39, 0.29) is 0 Å². The van der Waals surface area contributed by atoms with Gasteiger partial charge in [-0.2, -0.15) is 5.26 Å². The summed E-state index contributed by atoms with van der Waals surface area (Å²) in [5, 5.41) is 8.93. The molecule has 1 saturated heterocycles. The Labute approximate surface area is 110 Å². The molecule has 19 heavy (non-hydrogen) atoms. The monoisotopic (exact) mass is 255 g/mol. The summed E-state index contributed by atoms with van der Waals surface area (Å²) in [6, 6.07) is 9.69. The van der Waals surface area contributed by atoms with Crippen molar-refractivity contribution >= 4 is 22.7 Å². The van der Waals surface area contributed by atoms with Crippen molar-refractivity contribution in [3.8, 4) is 6.07 Å². The van der Waals surface area contributed by atoms with Crippen LogP contribution >= 0.6 is 0 Å². The molecule has 0 spiro atoms. The van der Waals surface area contributed by atoms with Crippen molar-refractivity contribution in [2.45, 2.75) is 6.10 Å². The number of nitrogens with zero attached hydrogens (tertiary/aromatic N) is 4. The summed E-state index contributed by atoms with van der Waals surface area (Å²) < 4.78 is 5.31. The fourth-order valence-electron chi connectivity index (χ4n) is 2.16. The minimum atomic E-state index is -0.443. The predicted octanol–water partition coefficient (Wildman–Crippen LogP) is 0.941. The maximum Gasteiger partial charge on any atom is 0.172 e. The zero-order chi connectivity index (χ0) is 13.2. The van der Waals surface area contributed by atoms with E-state index in [1.807, 2.05) is 29.2 Å². The van der Waals surface area contributed by atoms with Crippen molar-refractivity contribution in [3.05, 3.63) is 24.3 Å². The van der Waals surface area contributed by atoms with Crippen LogP contribution in [0.2, 0.25) is 0 Å². The van der Waals surface area contributed by atoms with Gasteiger partial charge in [-0.25, -0.2) is 9.97 Å². The van der Waals surface area contributed by atoms with E-state index in [0.29, 0.717) is 31.3 Å². The lowest BCUT2D eigenvalue weighted by atomic mass is 10.2. The molecule has 0 bridgehead atoms. The standard InChI is InChI=1S/C13H13N5O/c14-7-9-8-18(5-6-19-9)13-12(15)16-10-3-1-2-4-11(10)17-13/h1-4,9H,5-6,8H2,(H2,15,16). The van der Waals surface area contributed by atoms with Crippen LogP contribution in [0.15, 0.2) is 24.3 Å². The van der Waals surface area contributed by atoms with Crippen LogP contribution in [0, 0.1) is 11.3 Å². The fourth-order valence-corrected chi connectivity index (χ4v) is 2.16. The van der Waals surface area contributed by atoms with Gasteiger partial charge in [0, 0.05) is 6.54 Å². The number of aromatic nitrogens is 2. The quantitative estimate of drug-likeness (QED) is 0.815. The van der Waals surface area contributed by atoms with Crippen LogP contribution in [0.5, 0.6) is 0 Å². The molecular weight excluding hydrogens is 242 g/mol. The van der Waals surface area contributed by atoms with Gasteiger partial charge in [0.2, 0.25) is 0 Å². The number of anilines is 2. The van der Waals surface area contributed by atoms with Gasteiger partial charge in [0.1, 0.15) is 0 Å². The second-order valence-electron chi connectivity index (χ2n) is 4.36. The molecular formula is C13H13N5O. The smallest absolute Gasteiger partial charge is 0.172 e. The summed E-state index contributed by atoms with van der Waals surface area (Å²) in [6.45, 7) is 1.62. The van der Waals surface area contributed by atoms with Gasteiger partial charge in [0.05, 0.1) is 30.3 Å². The Hall–Kier alpha value is -2.39. The summed E-state index contributed by atoms with van der Waals surface area (Å²) in [7, 11) is 0. The third-order valence-electron chi connectivity index (χ3n) is 3.09. The van der Waals surface area contributed by atoms with Gasteiger partial charge in [-0.15, -0.1) is 0 Å². The van der Waals surface area contributed by atoms with Crippen LogP contribution in [0.4, 0.5) is 11.6 Å². The Kier molecular flexibility index (Phi) is 2.89. The van der Waals surface area contributed by atoms with Gasteiger partial charge in [-0.1, -0.05) is 12.1 Å². The molecule has 1 aliphatic rings. The van der Waals surface area contributed by atoms with Crippen molar-refractivity contribution in [2.75, 3.05) is 30.3 Å². The maximum atomic E-state index is 8.93. The summed E-state index contributed by atoms with van der Waals surface area (Å²) >= 11 is 0. The van der Waals surface area contributed by atoms with Crippen molar-refractivity contribution in [3.63, 3.8) is 0 Å². The Morgan fingerprint density at radius 2 is 2.05 bits per heavy atom. The van der Waals surface area contributed by atoms with Crippen LogP contribution in [0.25, 0.3) is 11.0 Å². The summed E-state index contributed by atoms with van der Waals surface area (Å²) in [6.07, 6.45) is -0.443. The van der Waals surface area contributed by atoms with Gasteiger partial charge in [-0.3, -0.25) is 0 Å². The first kappa shape index (κ1) is 11.7. The highest BCUT2D eigenvalue weighted by molar-refractivity contribution is 5.79. The molecule has 2 aromatic rings. The van der Waals surface area contributed by atoms with E-state index in [1.54, 1.807) is 0 Å². The minimum Gasteiger partial charge on any atom is -0.381 e. The van der Waals surface area contributed by atoms with E-state index in [4.69, 9.17) is 15.7 Å². The third kappa shape index (κ3) is 2.16. The van der Waals surface area contributed by atoms with E-state index in [0.717, 1.165) is 11.0 Å². The van der Waals surface area contributed by atoms with E-state index in [2.05, 4.69) is 16.0 Å². The van der Waals surface area contributed by atoms with Gasteiger partial charge < -0.3 is 15.4 Å². The third-order valence-corrected chi connectivity index (χ3v) is 3.09. The van der Waals surface area contributed by atoms with Gasteiger partial charge in [-0.05, 0) is 12.1 Å². The number of rotatable bonds is 1. The molecule has 0 aliphatic carbocycles. The van der Waals surface area contributed by atoms with Gasteiger partial charge >= 0.3 is 0 Å². The Morgan fingerprint density at radius 1 is 1.32 bits per heavy atom. The van der Waals surface area contributed by atoms with E-state index in [9.17, 15) is 0 Å². The molecule has 1 aromatic heterocycles. The molecule has 0 saturated carbocycles. The van der Waals surface area contributed by atoms with Gasteiger partial charge in [0.15, 0.2) is 17.7 Å². The number of nitrogens with two attached hydrogens (primary N) is 1. The van der Waals surface area contributed by atoms with Crippen molar-refractivity contribution in [1.82, 2.24) is 9.97 Å². The molecule has 0 radical (unpaired) electrons. The number of hydrogen-bond donors (Lipinski definition) is 1.